The first kappa shape index (κ1) is 18.1. The molecular formula is C26H21N3O4. The van der Waals surface area contributed by atoms with E-state index in [0.29, 0.717) is 6.54 Å². The second-order valence-electron chi connectivity index (χ2n) is 9.67. The lowest BCUT2D eigenvalue weighted by atomic mass is 9.89. The number of carbonyl (C=O) groups is 1. The Morgan fingerprint density at radius 3 is 2.52 bits per heavy atom. The van der Waals surface area contributed by atoms with Crippen molar-refractivity contribution in [3.05, 3.63) is 59.7 Å². The van der Waals surface area contributed by atoms with Gasteiger partial charge >= 0.3 is 0 Å². The Morgan fingerprint density at radius 1 is 1.06 bits per heavy atom. The predicted molar refractivity (Wildman–Crippen MR) is 124 cm³/mol. The molecule has 7 heteroatoms. The van der Waals surface area contributed by atoms with Crippen LogP contribution < -0.4 is 5.32 Å². The third-order valence-electron chi connectivity index (χ3n) is 8.23. The Labute approximate surface area is 187 Å². The number of nitrogens with one attached hydrogen (secondary N) is 1. The second-order valence-corrected chi connectivity index (χ2v) is 9.67. The fourth-order valence-electron chi connectivity index (χ4n) is 6.73. The van der Waals surface area contributed by atoms with E-state index in [-0.39, 0.29) is 12.3 Å². The molecule has 0 spiro atoms. The monoisotopic (exact) mass is 439 g/mol. The van der Waals surface area contributed by atoms with Gasteiger partial charge in [-0.25, -0.2) is 0 Å². The normalized spacial score (nSPS) is 27.8. The number of benzene rings is 3. The second kappa shape index (κ2) is 5.39. The van der Waals surface area contributed by atoms with Crippen LogP contribution in [-0.4, -0.2) is 37.5 Å². The van der Waals surface area contributed by atoms with Crippen LogP contribution in [0.4, 0.5) is 0 Å². The average molecular weight is 439 g/mol. The number of para-hydroxylation sites is 2. The van der Waals surface area contributed by atoms with Crippen molar-refractivity contribution in [3.63, 3.8) is 0 Å². The fourth-order valence-corrected chi connectivity index (χ4v) is 6.73. The Morgan fingerprint density at radius 2 is 1.76 bits per heavy atom. The number of rotatable bonds is 1. The number of nitrogens with zero attached hydrogens (tertiary/aromatic N) is 2. The molecule has 5 aromatic rings. The first-order valence-electron chi connectivity index (χ1n) is 11.3. The van der Waals surface area contributed by atoms with Gasteiger partial charge in [-0.15, -0.1) is 0 Å². The van der Waals surface area contributed by atoms with Crippen molar-refractivity contribution >= 4 is 49.5 Å². The summed E-state index contributed by atoms with van der Waals surface area (Å²) in [6, 6.07) is 16.1. The number of ether oxygens (including phenoxy) is 1. The van der Waals surface area contributed by atoms with Crippen LogP contribution in [0.25, 0.3) is 43.6 Å². The van der Waals surface area contributed by atoms with Crippen LogP contribution in [0.5, 0.6) is 0 Å². The van der Waals surface area contributed by atoms with Gasteiger partial charge in [-0.3, -0.25) is 4.79 Å². The van der Waals surface area contributed by atoms with Gasteiger partial charge in [-0.1, -0.05) is 36.4 Å². The predicted octanol–water partition coefficient (Wildman–Crippen LogP) is 3.47. The maximum absolute atomic E-state index is 13.2. The van der Waals surface area contributed by atoms with Crippen LogP contribution in [0.2, 0.25) is 0 Å². The summed E-state index contributed by atoms with van der Waals surface area (Å²) in [5, 5.41) is 29.1. The topological polar surface area (TPSA) is 88.7 Å². The van der Waals surface area contributed by atoms with Crippen molar-refractivity contribution in [1.29, 1.82) is 0 Å². The molecule has 2 bridgehead atoms. The summed E-state index contributed by atoms with van der Waals surface area (Å²) in [5.41, 5.74) is 2.80. The summed E-state index contributed by atoms with van der Waals surface area (Å²) in [4.78, 5) is 13.2. The Hall–Kier alpha value is -3.39. The van der Waals surface area contributed by atoms with Crippen LogP contribution in [0.3, 0.4) is 0 Å². The van der Waals surface area contributed by atoms with Crippen molar-refractivity contribution in [1.82, 2.24) is 14.5 Å². The van der Waals surface area contributed by atoms with E-state index in [1.807, 2.05) is 49.4 Å². The van der Waals surface area contributed by atoms with E-state index in [1.165, 1.54) is 0 Å². The Balaban J connectivity index is 1.78. The minimum absolute atomic E-state index is 0.0555. The summed E-state index contributed by atoms with van der Waals surface area (Å²) in [7, 11) is 0. The minimum atomic E-state index is -1.48. The van der Waals surface area contributed by atoms with Crippen molar-refractivity contribution in [2.24, 2.45) is 0 Å². The lowest BCUT2D eigenvalue weighted by Crippen LogP contribution is -2.53. The molecule has 0 saturated carbocycles. The van der Waals surface area contributed by atoms with Crippen LogP contribution in [-0.2, 0) is 17.0 Å². The SMILES string of the molecule is C[C@]12O[C@@H](C[C@]1(O)CO)n1c3ccccc3c3c4c(c5c6ccccc6n2c5c31)CNC4=O. The zero-order valence-electron chi connectivity index (χ0n) is 17.9. The van der Waals surface area contributed by atoms with Gasteiger partial charge in [-0.05, 0) is 24.6 Å². The largest absolute Gasteiger partial charge is 0.393 e. The van der Waals surface area contributed by atoms with Crippen molar-refractivity contribution in [2.45, 2.75) is 37.4 Å². The van der Waals surface area contributed by atoms with E-state index >= 15 is 0 Å². The van der Waals surface area contributed by atoms with Crippen LogP contribution in [0.1, 0.15) is 35.5 Å². The van der Waals surface area contributed by atoms with Crippen molar-refractivity contribution in [2.75, 3.05) is 6.61 Å². The van der Waals surface area contributed by atoms with Crippen LogP contribution in [0, 0.1) is 0 Å². The molecule has 7 nitrogen and oxygen atoms in total. The molecule has 0 radical (unpaired) electrons. The summed E-state index contributed by atoms with van der Waals surface area (Å²) < 4.78 is 10.9. The van der Waals surface area contributed by atoms with E-state index < -0.39 is 24.2 Å². The van der Waals surface area contributed by atoms with E-state index in [2.05, 4.69) is 20.5 Å². The zero-order valence-corrected chi connectivity index (χ0v) is 17.9. The van der Waals surface area contributed by atoms with E-state index in [1.54, 1.807) is 0 Å². The van der Waals surface area contributed by atoms with Gasteiger partial charge in [0, 0.05) is 34.5 Å². The number of hydrogen-bond donors (Lipinski definition) is 3. The van der Waals surface area contributed by atoms with Gasteiger partial charge in [0.15, 0.2) is 5.72 Å². The lowest BCUT2D eigenvalue weighted by Gasteiger charge is -2.38. The summed E-state index contributed by atoms with van der Waals surface area (Å²) >= 11 is 0. The van der Waals surface area contributed by atoms with Crippen molar-refractivity contribution < 1.29 is 19.7 Å². The van der Waals surface area contributed by atoms with Gasteiger partial charge in [0.05, 0.1) is 34.2 Å². The minimum Gasteiger partial charge on any atom is -0.393 e. The van der Waals surface area contributed by atoms with Gasteiger partial charge < -0.3 is 29.4 Å². The highest BCUT2D eigenvalue weighted by Crippen LogP contribution is 2.57. The Kier molecular flexibility index (Phi) is 2.95. The number of hydrogen-bond acceptors (Lipinski definition) is 4. The molecular weight excluding hydrogens is 418 g/mol. The third-order valence-corrected chi connectivity index (χ3v) is 8.23. The van der Waals surface area contributed by atoms with Crippen LogP contribution in [0.15, 0.2) is 48.5 Å². The van der Waals surface area contributed by atoms with E-state index in [9.17, 15) is 15.0 Å². The van der Waals surface area contributed by atoms with Crippen molar-refractivity contribution in [3.8, 4) is 0 Å². The molecule has 3 N–H and O–H groups in total. The van der Waals surface area contributed by atoms with E-state index in [0.717, 1.165) is 54.7 Å². The zero-order chi connectivity index (χ0) is 22.3. The molecule has 5 heterocycles. The summed E-state index contributed by atoms with van der Waals surface area (Å²) in [6.07, 6.45) is -0.247. The molecule has 3 atom stereocenters. The highest BCUT2D eigenvalue weighted by molar-refractivity contribution is 6.31. The number of aliphatic hydroxyl groups is 2. The Bertz CT molecular complexity index is 1730. The molecule has 33 heavy (non-hydrogen) atoms. The molecule has 0 aliphatic carbocycles. The molecule has 3 aliphatic heterocycles. The molecule has 3 aromatic carbocycles. The summed E-state index contributed by atoms with van der Waals surface area (Å²) in [5.74, 6) is -0.0555. The standard InChI is InChI=1S/C26H21N3O4/c1-25-26(32,12-30)10-18(33-25)28-16-8-4-2-6-13(16)20-21-15(11-27-24(21)31)19-14-7-3-5-9-17(14)29(25)23(19)22(20)28/h2-9,18,30,32H,10-12H2,1H3,(H,27,31)/t18-,25-,26-/m0/s1. The molecule has 1 amide bonds. The molecule has 164 valence electrons. The fraction of sp³-hybridized carbons (Fsp3) is 0.269. The number of aliphatic hydroxyl groups excluding tert-OH is 1. The quantitative estimate of drug-likeness (QED) is 0.373. The van der Waals surface area contributed by atoms with Gasteiger partial charge in [0.25, 0.3) is 5.91 Å². The number of amides is 1. The van der Waals surface area contributed by atoms with Crippen LogP contribution >= 0.6 is 0 Å². The maximum Gasteiger partial charge on any atom is 0.252 e. The average Bonchev–Trinajstić information content (AvgIpc) is 3.51. The van der Waals surface area contributed by atoms with Gasteiger partial charge in [-0.2, -0.15) is 0 Å². The van der Waals surface area contributed by atoms with Gasteiger partial charge in [0.2, 0.25) is 0 Å². The highest BCUT2D eigenvalue weighted by atomic mass is 16.6. The number of aromatic nitrogens is 2. The highest BCUT2D eigenvalue weighted by Gasteiger charge is 2.60. The number of fused-ring (bicyclic) bond motifs is 13. The first-order chi connectivity index (χ1) is 16.0. The summed E-state index contributed by atoms with van der Waals surface area (Å²) in [6.45, 7) is 1.91. The molecule has 3 aliphatic rings. The number of carbonyl (C=O) groups excluding carboxylic acids is 1. The lowest BCUT2D eigenvalue weighted by molar-refractivity contribution is -0.189. The maximum atomic E-state index is 13.2. The molecule has 1 fully saturated rings. The van der Waals surface area contributed by atoms with E-state index in [4.69, 9.17) is 4.74 Å². The third kappa shape index (κ3) is 1.75. The molecule has 2 aromatic heterocycles. The smallest absolute Gasteiger partial charge is 0.252 e. The molecule has 0 unspecified atom stereocenters. The van der Waals surface area contributed by atoms with Gasteiger partial charge in [0.1, 0.15) is 11.8 Å². The first-order valence-corrected chi connectivity index (χ1v) is 11.3. The molecule has 1 saturated heterocycles. The molecule has 8 rings (SSSR count).